The molecule has 0 unspecified atom stereocenters. The first-order chi connectivity index (χ1) is 11.6. The lowest BCUT2D eigenvalue weighted by Gasteiger charge is -2.09. The number of amides is 1. The predicted molar refractivity (Wildman–Crippen MR) is 87.4 cm³/mol. The molecule has 1 N–H and O–H groups in total. The lowest BCUT2D eigenvalue weighted by atomic mass is 10.2. The maximum atomic E-state index is 12.5. The van der Waals surface area contributed by atoms with Gasteiger partial charge in [0, 0.05) is 12.1 Å². The van der Waals surface area contributed by atoms with Gasteiger partial charge in [-0.05, 0) is 17.5 Å². The maximum absolute atomic E-state index is 12.5. The Morgan fingerprint density at radius 3 is 2.92 bits per heavy atom. The van der Waals surface area contributed by atoms with Crippen LogP contribution in [-0.2, 0) is 0 Å². The molecule has 1 aromatic carbocycles. The number of anilines is 1. The Kier molecular flexibility index (Phi) is 4.25. The number of hydrogen-bond donors (Lipinski definition) is 1. The monoisotopic (exact) mass is 345 g/mol. The number of ether oxygens (including phenoxy) is 1. The van der Waals surface area contributed by atoms with Crippen molar-refractivity contribution in [3.8, 4) is 16.4 Å². The molecule has 0 radical (unpaired) electrons. The van der Waals surface area contributed by atoms with Crippen molar-refractivity contribution in [3.05, 3.63) is 57.9 Å². The Labute approximate surface area is 139 Å². The minimum absolute atomic E-state index is 0.0889. The number of rotatable bonds is 5. The third-order valence-corrected chi connectivity index (χ3v) is 4.04. The quantitative estimate of drug-likeness (QED) is 0.559. The van der Waals surface area contributed by atoms with E-state index >= 15 is 0 Å². The Morgan fingerprint density at radius 2 is 2.25 bits per heavy atom. The normalized spacial score (nSPS) is 10.4. The van der Waals surface area contributed by atoms with E-state index in [9.17, 15) is 14.9 Å². The Bertz CT molecular complexity index is 888. The number of oxazole rings is 1. The SMILES string of the molecule is COc1ccc([N+](=O)[O-])cc1NC(=O)c1ncoc1-c1cccs1. The molecule has 3 rings (SSSR count). The van der Waals surface area contributed by atoms with Crippen LogP contribution < -0.4 is 10.1 Å². The van der Waals surface area contributed by atoms with Crippen LogP contribution in [0.3, 0.4) is 0 Å². The molecule has 24 heavy (non-hydrogen) atoms. The average Bonchev–Trinajstić information content (AvgIpc) is 3.25. The van der Waals surface area contributed by atoms with E-state index in [1.807, 2.05) is 11.4 Å². The lowest BCUT2D eigenvalue weighted by Crippen LogP contribution is -2.14. The van der Waals surface area contributed by atoms with Crippen molar-refractivity contribution in [1.82, 2.24) is 4.98 Å². The third kappa shape index (κ3) is 2.97. The molecule has 0 fully saturated rings. The first kappa shape index (κ1) is 15.7. The highest BCUT2D eigenvalue weighted by atomic mass is 32.1. The minimum Gasteiger partial charge on any atom is -0.495 e. The summed E-state index contributed by atoms with van der Waals surface area (Å²) in [5, 5.41) is 15.3. The fourth-order valence-corrected chi connectivity index (χ4v) is 2.79. The molecule has 0 saturated carbocycles. The number of nitrogens with zero attached hydrogens (tertiary/aromatic N) is 2. The van der Waals surface area contributed by atoms with Gasteiger partial charge in [0.05, 0.1) is 22.6 Å². The van der Waals surface area contributed by atoms with Crippen molar-refractivity contribution in [2.45, 2.75) is 0 Å². The minimum atomic E-state index is -0.553. The van der Waals surface area contributed by atoms with Crippen LogP contribution in [0, 0.1) is 10.1 Å². The molecule has 9 heteroatoms. The Morgan fingerprint density at radius 1 is 1.42 bits per heavy atom. The molecule has 0 bridgehead atoms. The predicted octanol–water partition coefficient (Wildman–Crippen LogP) is 3.57. The maximum Gasteiger partial charge on any atom is 0.278 e. The summed E-state index contributed by atoms with van der Waals surface area (Å²) in [4.78, 5) is 27.5. The zero-order valence-corrected chi connectivity index (χ0v) is 13.2. The van der Waals surface area contributed by atoms with Gasteiger partial charge in [-0.25, -0.2) is 4.98 Å². The number of methoxy groups -OCH3 is 1. The number of carbonyl (C=O) groups excluding carboxylic acids is 1. The van der Waals surface area contributed by atoms with Crippen LogP contribution in [0.2, 0.25) is 0 Å². The molecule has 0 aliphatic rings. The molecule has 8 nitrogen and oxygen atoms in total. The van der Waals surface area contributed by atoms with E-state index in [-0.39, 0.29) is 17.1 Å². The fourth-order valence-electron chi connectivity index (χ4n) is 2.08. The van der Waals surface area contributed by atoms with Crippen molar-refractivity contribution in [2.24, 2.45) is 0 Å². The van der Waals surface area contributed by atoms with Crippen molar-refractivity contribution in [3.63, 3.8) is 0 Å². The number of nitrogens with one attached hydrogen (secondary N) is 1. The number of nitro benzene ring substituents is 1. The number of non-ortho nitro benzene ring substituents is 1. The summed E-state index contributed by atoms with van der Waals surface area (Å²) < 4.78 is 10.4. The topological polar surface area (TPSA) is 108 Å². The Hall–Kier alpha value is -3.20. The molecule has 0 saturated heterocycles. The van der Waals surface area contributed by atoms with Gasteiger partial charge < -0.3 is 14.5 Å². The van der Waals surface area contributed by atoms with Crippen molar-refractivity contribution in [1.29, 1.82) is 0 Å². The number of aromatic nitrogens is 1. The van der Waals surface area contributed by atoms with Gasteiger partial charge in [0.15, 0.2) is 17.8 Å². The number of benzene rings is 1. The van der Waals surface area contributed by atoms with Gasteiger partial charge in [0.1, 0.15) is 5.75 Å². The number of nitro groups is 1. The number of carbonyl (C=O) groups is 1. The standard InChI is InChI=1S/C15H11N3O5S/c1-22-11-5-4-9(18(20)21)7-10(11)17-15(19)13-14(23-8-16-13)12-3-2-6-24-12/h2-8H,1H3,(H,17,19). The lowest BCUT2D eigenvalue weighted by molar-refractivity contribution is -0.384. The first-order valence-electron chi connectivity index (χ1n) is 6.71. The van der Waals surface area contributed by atoms with E-state index in [4.69, 9.17) is 9.15 Å². The summed E-state index contributed by atoms with van der Waals surface area (Å²) in [7, 11) is 1.41. The van der Waals surface area contributed by atoms with Crippen molar-refractivity contribution < 1.29 is 18.9 Å². The van der Waals surface area contributed by atoms with Gasteiger partial charge in [-0.15, -0.1) is 11.3 Å². The van der Waals surface area contributed by atoms with Crippen LogP contribution in [0.25, 0.3) is 10.6 Å². The summed E-state index contributed by atoms with van der Waals surface area (Å²) in [5.41, 5.74) is 0.104. The largest absolute Gasteiger partial charge is 0.495 e. The highest BCUT2D eigenvalue weighted by Gasteiger charge is 2.21. The molecule has 122 valence electrons. The molecule has 0 atom stereocenters. The van der Waals surface area contributed by atoms with Gasteiger partial charge in [0.2, 0.25) is 0 Å². The summed E-state index contributed by atoms with van der Waals surface area (Å²) in [6.07, 6.45) is 1.18. The molecule has 0 aliphatic carbocycles. The smallest absolute Gasteiger partial charge is 0.278 e. The van der Waals surface area contributed by atoms with E-state index in [1.54, 1.807) is 6.07 Å². The first-order valence-corrected chi connectivity index (χ1v) is 7.59. The van der Waals surface area contributed by atoms with Crippen LogP contribution in [0.1, 0.15) is 10.5 Å². The number of hydrogen-bond acceptors (Lipinski definition) is 7. The second-order valence-corrected chi connectivity index (χ2v) is 5.55. The van der Waals surface area contributed by atoms with Gasteiger partial charge in [-0.2, -0.15) is 0 Å². The summed E-state index contributed by atoms with van der Waals surface area (Å²) >= 11 is 1.40. The molecular weight excluding hydrogens is 334 g/mol. The van der Waals surface area contributed by atoms with Crippen LogP contribution in [0.15, 0.2) is 46.5 Å². The van der Waals surface area contributed by atoms with Crippen molar-refractivity contribution >= 4 is 28.6 Å². The van der Waals surface area contributed by atoms with E-state index < -0.39 is 10.8 Å². The highest BCUT2D eigenvalue weighted by Crippen LogP contribution is 2.31. The second-order valence-electron chi connectivity index (χ2n) is 4.60. The van der Waals surface area contributed by atoms with Gasteiger partial charge in [-0.1, -0.05) is 6.07 Å². The molecular formula is C15H11N3O5S. The molecule has 2 heterocycles. The van der Waals surface area contributed by atoms with Crippen LogP contribution in [-0.4, -0.2) is 22.9 Å². The molecule has 3 aromatic rings. The average molecular weight is 345 g/mol. The van der Waals surface area contributed by atoms with Crippen molar-refractivity contribution in [2.75, 3.05) is 12.4 Å². The van der Waals surface area contributed by atoms with Gasteiger partial charge in [-0.3, -0.25) is 14.9 Å². The van der Waals surface area contributed by atoms with Gasteiger partial charge >= 0.3 is 0 Å². The van der Waals surface area contributed by atoms with Crippen LogP contribution in [0.4, 0.5) is 11.4 Å². The molecule has 0 aliphatic heterocycles. The third-order valence-electron chi connectivity index (χ3n) is 3.17. The number of thiophene rings is 1. The molecule has 2 aromatic heterocycles. The fraction of sp³-hybridized carbons (Fsp3) is 0.0667. The summed E-state index contributed by atoms with van der Waals surface area (Å²) in [5.74, 6) is 0.0907. The summed E-state index contributed by atoms with van der Waals surface area (Å²) in [6, 6.07) is 7.56. The van der Waals surface area contributed by atoms with Crippen LogP contribution >= 0.6 is 11.3 Å². The molecule has 1 amide bonds. The molecule has 0 spiro atoms. The van der Waals surface area contributed by atoms with Crippen LogP contribution in [0.5, 0.6) is 5.75 Å². The van der Waals surface area contributed by atoms with E-state index in [0.29, 0.717) is 11.5 Å². The zero-order valence-electron chi connectivity index (χ0n) is 12.4. The van der Waals surface area contributed by atoms with Gasteiger partial charge in [0.25, 0.3) is 11.6 Å². The van der Waals surface area contributed by atoms with E-state index in [2.05, 4.69) is 10.3 Å². The Balaban J connectivity index is 1.92. The van der Waals surface area contributed by atoms with E-state index in [1.165, 1.54) is 43.0 Å². The summed E-state index contributed by atoms with van der Waals surface area (Å²) in [6.45, 7) is 0. The second kappa shape index (κ2) is 6.50. The highest BCUT2D eigenvalue weighted by molar-refractivity contribution is 7.13. The zero-order chi connectivity index (χ0) is 17.1. The van der Waals surface area contributed by atoms with E-state index in [0.717, 1.165) is 4.88 Å².